The molecular formula is C18H26O8. The van der Waals surface area contributed by atoms with Gasteiger partial charge in [-0.3, -0.25) is 0 Å². The number of rotatable bonds is 10. The first kappa shape index (κ1) is 22.1. The molecule has 0 aliphatic carbocycles. The van der Waals surface area contributed by atoms with Gasteiger partial charge < -0.3 is 35.4 Å². The van der Waals surface area contributed by atoms with Crippen molar-refractivity contribution in [2.24, 2.45) is 0 Å². The fourth-order valence-electron chi connectivity index (χ4n) is 2.18. The highest BCUT2D eigenvalue weighted by atomic mass is 16.6. The molecule has 0 unspecified atom stereocenters. The first-order valence-corrected chi connectivity index (χ1v) is 8.29. The molecule has 0 aliphatic rings. The molecule has 0 aromatic heterocycles. The number of aliphatic hydroxyl groups excluding tert-OH is 5. The number of ether oxygens (including phenoxy) is 1. The Bertz CT molecular complexity index is 588. The summed E-state index contributed by atoms with van der Waals surface area (Å²) < 4.78 is 4.89. The summed E-state index contributed by atoms with van der Waals surface area (Å²) in [5.74, 6) is -2.35. The van der Waals surface area contributed by atoms with Gasteiger partial charge in [0.05, 0.1) is 13.2 Å². The van der Waals surface area contributed by atoms with Crippen molar-refractivity contribution in [3.63, 3.8) is 0 Å². The van der Waals surface area contributed by atoms with Crippen molar-refractivity contribution >= 4 is 12.0 Å². The molecule has 8 heteroatoms. The number of benzene rings is 1. The molecule has 0 saturated carbocycles. The summed E-state index contributed by atoms with van der Waals surface area (Å²) in [6, 6.07) is 8.17. The summed E-state index contributed by atoms with van der Waals surface area (Å²) in [6.45, 7) is 0.854. The molecule has 8 nitrogen and oxygen atoms in total. The molecule has 146 valence electrons. The number of hydrogen-bond acceptors (Lipinski definition) is 8. The molecule has 26 heavy (non-hydrogen) atoms. The number of esters is 1. The average molecular weight is 370 g/mol. The second kappa shape index (κ2) is 10.2. The predicted molar refractivity (Wildman–Crippen MR) is 93.0 cm³/mol. The van der Waals surface area contributed by atoms with Crippen molar-refractivity contribution in [3.05, 3.63) is 41.7 Å². The molecule has 6 N–H and O–H groups in total. The van der Waals surface area contributed by atoms with Crippen molar-refractivity contribution in [1.82, 2.24) is 0 Å². The van der Waals surface area contributed by atoms with Crippen molar-refractivity contribution < 1.29 is 40.2 Å². The molecule has 1 aromatic carbocycles. The lowest BCUT2D eigenvalue weighted by Crippen LogP contribution is -2.59. The largest absolute Gasteiger partial charge is 0.508 e. The van der Waals surface area contributed by atoms with Gasteiger partial charge in [0.15, 0.2) is 0 Å². The Hall–Kier alpha value is -1.97. The van der Waals surface area contributed by atoms with Crippen molar-refractivity contribution in [3.8, 4) is 0 Å². The Kier molecular flexibility index (Phi) is 8.70. The highest BCUT2D eigenvalue weighted by Gasteiger charge is 2.53. The van der Waals surface area contributed by atoms with E-state index in [1.165, 1.54) is 0 Å². The van der Waals surface area contributed by atoms with E-state index in [1.54, 1.807) is 30.3 Å². The fraction of sp³-hybridized carbons (Fsp3) is 0.500. The third-order valence-corrected chi connectivity index (χ3v) is 3.87. The van der Waals surface area contributed by atoms with Crippen LogP contribution in [-0.4, -0.2) is 73.7 Å². The van der Waals surface area contributed by atoms with Crippen molar-refractivity contribution in [2.75, 3.05) is 13.2 Å². The van der Waals surface area contributed by atoms with Crippen LogP contribution in [-0.2, 0) is 9.53 Å². The third-order valence-electron chi connectivity index (χ3n) is 3.87. The van der Waals surface area contributed by atoms with Crippen LogP contribution in [0.1, 0.15) is 25.3 Å². The molecule has 0 amide bonds. The lowest BCUT2D eigenvalue weighted by Gasteiger charge is -2.34. The highest BCUT2D eigenvalue weighted by Crippen LogP contribution is 2.27. The second-order valence-corrected chi connectivity index (χ2v) is 5.88. The third kappa shape index (κ3) is 5.26. The van der Waals surface area contributed by atoms with Crippen LogP contribution in [0.4, 0.5) is 0 Å². The van der Waals surface area contributed by atoms with Gasteiger partial charge in [-0.05, 0) is 18.1 Å². The minimum atomic E-state index is -3.03. The van der Waals surface area contributed by atoms with E-state index in [0.717, 1.165) is 6.08 Å². The van der Waals surface area contributed by atoms with Gasteiger partial charge in [0.2, 0.25) is 5.60 Å². The molecule has 0 spiro atoms. The van der Waals surface area contributed by atoms with E-state index in [4.69, 9.17) is 9.84 Å². The molecule has 1 rings (SSSR count). The highest BCUT2D eigenvalue weighted by molar-refractivity contribution is 5.85. The zero-order chi connectivity index (χ0) is 19.7. The van der Waals surface area contributed by atoms with Crippen LogP contribution in [0.15, 0.2) is 36.1 Å². The standard InChI is InChI=1S/C18H26O8/c1-2-3-9-26-17(24)18(25,16(23)15(22)13(20)11-19)14(21)10-12-7-5-4-6-8-12/h4-8,10,13,15-16,19-23,25H,2-3,9,11H2,1H3/t13-,15-,16+,18+/m1/s1. The Balaban J connectivity index is 3.23. The van der Waals surface area contributed by atoms with Gasteiger partial charge in [-0.15, -0.1) is 0 Å². The molecule has 0 radical (unpaired) electrons. The van der Waals surface area contributed by atoms with Gasteiger partial charge in [-0.2, -0.15) is 0 Å². The number of carbonyl (C=O) groups is 1. The average Bonchev–Trinajstić information content (AvgIpc) is 2.66. The van der Waals surface area contributed by atoms with Gasteiger partial charge in [0, 0.05) is 0 Å². The maximum absolute atomic E-state index is 12.3. The van der Waals surface area contributed by atoms with Gasteiger partial charge in [-0.1, -0.05) is 43.7 Å². The van der Waals surface area contributed by atoms with E-state index in [2.05, 4.69) is 0 Å². The first-order valence-electron chi connectivity index (χ1n) is 8.29. The summed E-state index contributed by atoms with van der Waals surface area (Å²) >= 11 is 0. The quantitative estimate of drug-likeness (QED) is 0.187. The zero-order valence-corrected chi connectivity index (χ0v) is 14.5. The van der Waals surface area contributed by atoms with Crippen LogP contribution >= 0.6 is 0 Å². The maximum Gasteiger partial charge on any atom is 0.349 e. The minimum absolute atomic E-state index is 0.0678. The lowest BCUT2D eigenvalue weighted by atomic mass is 9.87. The Morgan fingerprint density at radius 1 is 1.23 bits per heavy atom. The molecular weight excluding hydrogens is 344 g/mol. The van der Waals surface area contributed by atoms with E-state index in [9.17, 15) is 30.3 Å². The molecule has 0 heterocycles. The fourth-order valence-corrected chi connectivity index (χ4v) is 2.18. The predicted octanol–water partition coefficient (Wildman–Crippen LogP) is -0.265. The van der Waals surface area contributed by atoms with Crippen molar-refractivity contribution in [2.45, 2.75) is 43.7 Å². The summed E-state index contributed by atoms with van der Waals surface area (Å²) in [7, 11) is 0. The van der Waals surface area contributed by atoms with Crippen LogP contribution in [0.2, 0.25) is 0 Å². The van der Waals surface area contributed by atoms with Crippen LogP contribution in [0.3, 0.4) is 0 Å². The number of hydrogen-bond donors (Lipinski definition) is 6. The van der Waals surface area contributed by atoms with Crippen LogP contribution in [0, 0.1) is 0 Å². The first-order chi connectivity index (χ1) is 12.3. The summed E-state index contributed by atoms with van der Waals surface area (Å²) in [6.07, 6.45) is -4.09. The number of carbonyl (C=O) groups excluding carboxylic acids is 1. The van der Waals surface area contributed by atoms with E-state index in [-0.39, 0.29) is 6.61 Å². The topological polar surface area (TPSA) is 148 Å². The van der Waals surface area contributed by atoms with Gasteiger partial charge in [0.1, 0.15) is 24.1 Å². The summed E-state index contributed by atoms with van der Waals surface area (Å²) in [4.78, 5) is 12.3. The Morgan fingerprint density at radius 3 is 2.38 bits per heavy atom. The summed E-state index contributed by atoms with van der Waals surface area (Å²) in [5, 5.41) is 59.6. The van der Waals surface area contributed by atoms with Crippen LogP contribution in [0.25, 0.3) is 6.08 Å². The Morgan fingerprint density at radius 2 is 1.85 bits per heavy atom. The zero-order valence-electron chi connectivity index (χ0n) is 14.5. The van der Waals surface area contributed by atoms with Crippen LogP contribution < -0.4 is 0 Å². The van der Waals surface area contributed by atoms with Gasteiger partial charge in [0.25, 0.3) is 0 Å². The minimum Gasteiger partial charge on any atom is -0.508 e. The number of aliphatic hydroxyl groups is 6. The molecule has 0 fully saturated rings. The SMILES string of the molecule is CCCCOC(=O)[C@](O)(C(O)=Cc1ccccc1)[C@@H](O)[C@H](O)[C@H](O)CO. The van der Waals surface area contributed by atoms with Gasteiger partial charge in [-0.25, -0.2) is 4.79 Å². The molecule has 4 atom stereocenters. The molecule has 0 bridgehead atoms. The smallest absolute Gasteiger partial charge is 0.349 e. The second-order valence-electron chi connectivity index (χ2n) is 5.88. The Labute approximate surface area is 151 Å². The lowest BCUT2D eigenvalue weighted by molar-refractivity contribution is -0.193. The van der Waals surface area contributed by atoms with Crippen LogP contribution in [0.5, 0.6) is 0 Å². The molecule has 0 aliphatic heterocycles. The molecule has 1 aromatic rings. The van der Waals surface area contributed by atoms with E-state index in [1.807, 2.05) is 6.92 Å². The van der Waals surface area contributed by atoms with E-state index < -0.39 is 42.2 Å². The summed E-state index contributed by atoms with van der Waals surface area (Å²) in [5.41, 5.74) is -2.62. The monoisotopic (exact) mass is 370 g/mol. The van der Waals surface area contributed by atoms with E-state index in [0.29, 0.717) is 18.4 Å². The van der Waals surface area contributed by atoms with Gasteiger partial charge >= 0.3 is 5.97 Å². The normalized spacial score (nSPS) is 17.8. The van der Waals surface area contributed by atoms with Crippen molar-refractivity contribution in [1.29, 1.82) is 0 Å². The maximum atomic E-state index is 12.3. The molecule has 0 saturated heterocycles. The number of unbranched alkanes of at least 4 members (excludes halogenated alkanes) is 1. The van der Waals surface area contributed by atoms with E-state index >= 15 is 0 Å².